The van der Waals surface area contributed by atoms with Crippen LogP contribution in [0.15, 0.2) is 17.6 Å². The zero-order valence-electron chi connectivity index (χ0n) is 11.0. The minimum absolute atomic E-state index is 0.00315. The Morgan fingerprint density at radius 2 is 2.33 bits per heavy atom. The van der Waals surface area contributed by atoms with Crippen LogP contribution in [0.25, 0.3) is 0 Å². The Balaban J connectivity index is 2.44. The number of sulfone groups is 1. The van der Waals surface area contributed by atoms with Gasteiger partial charge in [0.1, 0.15) is 0 Å². The first kappa shape index (κ1) is 15.0. The van der Waals surface area contributed by atoms with Gasteiger partial charge in [-0.15, -0.1) is 6.58 Å². The number of piperidine rings is 1. The van der Waals surface area contributed by atoms with Crippen molar-refractivity contribution in [2.75, 3.05) is 31.1 Å². The lowest BCUT2D eigenvalue weighted by Crippen LogP contribution is -2.43. The van der Waals surface area contributed by atoms with Crippen molar-refractivity contribution >= 4 is 15.8 Å². The van der Waals surface area contributed by atoms with Crippen LogP contribution in [0, 0.1) is 5.92 Å². The Morgan fingerprint density at radius 3 is 2.94 bits per heavy atom. The first-order valence-electron chi connectivity index (χ1n) is 6.31. The van der Waals surface area contributed by atoms with Crippen molar-refractivity contribution in [3.63, 3.8) is 0 Å². The van der Waals surface area contributed by atoms with Gasteiger partial charge in [0, 0.05) is 13.1 Å². The molecule has 2 N–H and O–H groups in total. The van der Waals surface area contributed by atoms with Gasteiger partial charge in [-0.1, -0.05) is 13.0 Å². The van der Waals surface area contributed by atoms with Crippen molar-refractivity contribution in [3.8, 4) is 0 Å². The van der Waals surface area contributed by atoms with E-state index in [1.54, 1.807) is 0 Å². The van der Waals surface area contributed by atoms with E-state index in [-0.39, 0.29) is 18.1 Å². The monoisotopic (exact) mass is 273 g/mol. The molecule has 0 saturated carbocycles. The van der Waals surface area contributed by atoms with Crippen molar-refractivity contribution in [2.24, 2.45) is 16.6 Å². The Hall–Kier alpha value is -1.04. The Kier molecular flexibility index (Phi) is 5.65. The van der Waals surface area contributed by atoms with Gasteiger partial charge in [-0.3, -0.25) is 4.99 Å². The zero-order chi connectivity index (χ0) is 13.6. The highest BCUT2D eigenvalue weighted by Gasteiger charge is 2.17. The molecule has 0 aromatic heterocycles. The molecule has 0 spiro atoms. The summed E-state index contributed by atoms with van der Waals surface area (Å²) < 4.78 is 22.9. The van der Waals surface area contributed by atoms with Crippen LogP contribution in [-0.4, -0.2) is 50.4 Å². The molecule has 1 atom stereocenters. The van der Waals surface area contributed by atoms with E-state index in [0.29, 0.717) is 11.9 Å². The Morgan fingerprint density at radius 1 is 1.61 bits per heavy atom. The summed E-state index contributed by atoms with van der Waals surface area (Å²) in [4.78, 5) is 6.19. The van der Waals surface area contributed by atoms with Crippen LogP contribution >= 0.6 is 0 Å². The molecular weight excluding hydrogens is 250 g/mol. The molecule has 6 heteroatoms. The van der Waals surface area contributed by atoms with E-state index in [1.165, 1.54) is 12.5 Å². The molecule has 18 heavy (non-hydrogen) atoms. The smallest absolute Gasteiger partial charge is 0.191 e. The summed E-state index contributed by atoms with van der Waals surface area (Å²) in [5, 5.41) is 0. The number of hydrogen-bond donors (Lipinski definition) is 1. The van der Waals surface area contributed by atoms with Crippen molar-refractivity contribution in [1.82, 2.24) is 4.90 Å². The summed E-state index contributed by atoms with van der Waals surface area (Å²) in [7, 11) is -3.07. The maximum atomic E-state index is 11.4. The molecule has 0 aromatic carbocycles. The summed E-state index contributed by atoms with van der Waals surface area (Å²) in [5.41, 5.74) is 5.87. The molecule has 1 aliphatic rings. The molecule has 1 aliphatic heterocycles. The summed E-state index contributed by atoms with van der Waals surface area (Å²) in [6.07, 6.45) is 3.73. The molecule has 1 unspecified atom stereocenters. The summed E-state index contributed by atoms with van der Waals surface area (Å²) >= 11 is 0. The van der Waals surface area contributed by atoms with E-state index in [1.807, 2.05) is 4.90 Å². The lowest BCUT2D eigenvalue weighted by molar-refractivity contribution is 0.270. The number of likely N-dealkylation sites (tertiary alicyclic amines) is 1. The molecule has 1 rings (SSSR count). The largest absolute Gasteiger partial charge is 0.370 e. The number of aliphatic imine (C=N–C) groups is 1. The minimum atomic E-state index is -3.07. The van der Waals surface area contributed by atoms with Gasteiger partial charge in [0.25, 0.3) is 0 Å². The normalized spacial score (nSPS) is 21.9. The molecule has 1 fully saturated rings. The number of nitrogens with two attached hydrogens (primary N) is 1. The standard InChI is InChI=1S/C12H23N3O2S/c1-3-8-18(16,17)9-6-14-12(13)15-7-4-5-11(2)10-15/h3,11H,1,4-10H2,2H3,(H2,13,14). The second kappa shape index (κ2) is 6.78. The molecule has 5 nitrogen and oxygen atoms in total. The first-order chi connectivity index (χ1) is 8.44. The van der Waals surface area contributed by atoms with E-state index >= 15 is 0 Å². The van der Waals surface area contributed by atoms with E-state index in [9.17, 15) is 8.42 Å². The lowest BCUT2D eigenvalue weighted by atomic mass is 10.0. The van der Waals surface area contributed by atoms with E-state index in [2.05, 4.69) is 18.5 Å². The van der Waals surface area contributed by atoms with Crippen molar-refractivity contribution in [3.05, 3.63) is 12.7 Å². The maximum absolute atomic E-state index is 11.4. The van der Waals surface area contributed by atoms with Gasteiger partial charge in [-0.05, 0) is 18.8 Å². The predicted octanol–water partition coefficient (Wildman–Crippen LogP) is 0.634. The van der Waals surface area contributed by atoms with Gasteiger partial charge in [0.2, 0.25) is 0 Å². The highest BCUT2D eigenvalue weighted by Crippen LogP contribution is 2.14. The fraction of sp³-hybridized carbons (Fsp3) is 0.750. The van der Waals surface area contributed by atoms with Gasteiger partial charge in [-0.2, -0.15) is 0 Å². The van der Waals surface area contributed by atoms with Crippen molar-refractivity contribution in [1.29, 1.82) is 0 Å². The van der Waals surface area contributed by atoms with Gasteiger partial charge in [0.15, 0.2) is 15.8 Å². The van der Waals surface area contributed by atoms with E-state index in [0.717, 1.165) is 19.5 Å². The molecule has 1 saturated heterocycles. The van der Waals surface area contributed by atoms with Crippen LogP contribution in [-0.2, 0) is 9.84 Å². The molecule has 104 valence electrons. The van der Waals surface area contributed by atoms with E-state index in [4.69, 9.17) is 5.73 Å². The molecule has 0 aromatic rings. The quantitative estimate of drug-likeness (QED) is 0.453. The third-order valence-electron chi connectivity index (χ3n) is 3.03. The minimum Gasteiger partial charge on any atom is -0.370 e. The lowest BCUT2D eigenvalue weighted by Gasteiger charge is -2.31. The second-order valence-corrected chi connectivity index (χ2v) is 7.07. The first-order valence-corrected chi connectivity index (χ1v) is 8.13. The summed E-state index contributed by atoms with van der Waals surface area (Å²) in [6, 6.07) is 0. The molecule has 1 heterocycles. The third kappa shape index (κ3) is 5.08. The van der Waals surface area contributed by atoms with Gasteiger partial charge >= 0.3 is 0 Å². The van der Waals surface area contributed by atoms with Gasteiger partial charge in [0.05, 0.1) is 18.1 Å². The van der Waals surface area contributed by atoms with Crippen LogP contribution in [0.2, 0.25) is 0 Å². The van der Waals surface area contributed by atoms with Crippen LogP contribution in [0.3, 0.4) is 0 Å². The predicted molar refractivity (Wildman–Crippen MR) is 75.3 cm³/mol. The fourth-order valence-electron chi connectivity index (χ4n) is 2.06. The number of nitrogens with zero attached hydrogens (tertiary/aromatic N) is 2. The van der Waals surface area contributed by atoms with Crippen molar-refractivity contribution in [2.45, 2.75) is 19.8 Å². The van der Waals surface area contributed by atoms with Gasteiger partial charge in [-0.25, -0.2) is 8.42 Å². The zero-order valence-corrected chi connectivity index (χ0v) is 11.8. The van der Waals surface area contributed by atoms with Crippen LogP contribution in [0.4, 0.5) is 0 Å². The molecular formula is C12H23N3O2S. The average molecular weight is 273 g/mol. The molecule has 0 amide bonds. The number of guanidine groups is 1. The average Bonchev–Trinajstić information content (AvgIpc) is 2.28. The molecule has 0 radical (unpaired) electrons. The molecule has 0 bridgehead atoms. The third-order valence-corrected chi connectivity index (χ3v) is 4.58. The summed E-state index contributed by atoms with van der Waals surface area (Å²) in [5.74, 6) is 1.12. The van der Waals surface area contributed by atoms with Crippen LogP contribution in [0.1, 0.15) is 19.8 Å². The molecule has 0 aliphatic carbocycles. The SMILES string of the molecule is C=CCS(=O)(=O)CCN=C(N)N1CCCC(C)C1. The summed E-state index contributed by atoms with van der Waals surface area (Å²) in [6.45, 7) is 7.67. The maximum Gasteiger partial charge on any atom is 0.191 e. The number of hydrogen-bond acceptors (Lipinski definition) is 3. The highest BCUT2D eigenvalue weighted by atomic mass is 32.2. The Bertz CT molecular complexity index is 404. The van der Waals surface area contributed by atoms with Crippen molar-refractivity contribution < 1.29 is 8.42 Å². The topological polar surface area (TPSA) is 75.8 Å². The van der Waals surface area contributed by atoms with Crippen LogP contribution < -0.4 is 5.73 Å². The van der Waals surface area contributed by atoms with Gasteiger partial charge < -0.3 is 10.6 Å². The fourth-order valence-corrected chi connectivity index (χ4v) is 2.95. The Labute approximate surface area is 110 Å². The highest BCUT2D eigenvalue weighted by molar-refractivity contribution is 7.91. The second-order valence-electron chi connectivity index (χ2n) is 4.84. The van der Waals surface area contributed by atoms with Crippen LogP contribution in [0.5, 0.6) is 0 Å². The van der Waals surface area contributed by atoms with E-state index < -0.39 is 9.84 Å². The number of rotatable bonds is 5.